The highest BCUT2D eigenvalue weighted by molar-refractivity contribution is 7.99. The van der Waals surface area contributed by atoms with Crippen LogP contribution in [0.1, 0.15) is 24.8 Å². The third-order valence-corrected chi connectivity index (χ3v) is 5.04. The van der Waals surface area contributed by atoms with Gasteiger partial charge in [-0.3, -0.25) is 0 Å². The normalized spacial score (nSPS) is 21.8. The molecule has 1 fully saturated rings. The minimum Gasteiger partial charge on any atom is -0.383 e. The van der Waals surface area contributed by atoms with Crippen molar-refractivity contribution in [3.05, 3.63) is 23.8 Å². The van der Waals surface area contributed by atoms with Gasteiger partial charge in [-0.15, -0.1) is 11.8 Å². The van der Waals surface area contributed by atoms with Crippen LogP contribution in [0.3, 0.4) is 0 Å². The molecular weight excluding hydrogens is 216 g/mol. The molecule has 2 aliphatic rings. The van der Waals surface area contributed by atoms with Gasteiger partial charge >= 0.3 is 0 Å². The number of rotatable bonds is 2. The lowest BCUT2D eigenvalue weighted by Crippen LogP contribution is -2.41. The first-order valence-electron chi connectivity index (χ1n) is 6.05. The maximum Gasteiger partial charge on any atom is 0.0481 e. The van der Waals surface area contributed by atoms with Crippen molar-refractivity contribution in [3.63, 3.8) is 0 Å². The van der Waals surface area contributed by atoms with Crippen LogP contribution in [0.4, 0.5) is 5.69 Å². The molecule has 0 spiro atoms. The summed E-state index contributed by atoms with van der Waals surface area (Å²) in [5.41, 5.74) is 8.99. The summed E-state index contributed by atoms with van der Waals surface area (Å²) in [7, 11) is 0. The van der Waals surface area contributed by atoms with Gasteiger partial charge in [0, 0.05) is 34.8 Å². The van der Waals surface area contributed by atoms with E-state index in [1.54, 1.807) is 0 Å². The summed E-state index contributed by atoms with van der Waals surface area (Å²) in [4.78, 5) is 1.39. The van der Waals surface area contributed by atoms with Crippen LogP contribution < -0.4 is 11.1 Å². The first-order valence-corrected chi connectivity index (χ1v) is 7.04. The van der Waals surface area contributed by atoms with E-state index in [4.69, 9.17) is 5.73 Å². The maximum absolute atomic E-state index is 5.95. The molecule has 0 atom stereocenters. The number of fused-ring (bicyclic) bond motifs is 1. The highest BCUT2D eigenvalue weighted by Crippen LogP contribution is 2.45. The summed E-state index contributed by atoms with van der Waals surface area (Å²) >= 11 is 1.95. The van der Waals surface area contributed by atoms with E-state index in [9.17, 15) is 0 Å². The lowest BCUT2D eigenvalue weighted by molar-refractivity contribution is 0.253. The smallest absolute Gasteiger partial charge is 0.0481 e. The van der Waals surface area contributed by atoms with Gasteiger partial charge in [-0.1, -0.05) is 12.5 Å². The number of thioether (sulfide) groups is 1. The molecular formula is C13H18N2S. The molecule has 0 saturated heterocycles. The Kier molecular flexibility index (Phi) is 2.60. The van der Waals surface area contributed by atoms with Crippen LogP contribution in [0, 0.1) is 0 Å². The first-order chi connectivity index (χ1) is 7.84. The molecule has 16 heavy (non-hydrogen) atoms. The van der Waals surface area contributed by atoms with E-state index in [-0.39, 0.29) is 0 Å². The fraction of sp³-hybridized carbons (Fsp3) is 0.538. The van der Waals surface area contributed by atoms with Crippen LogP contribution in [0.5, 0.6) is 0 Å². The largest absolute Gasteiger partial charge is 0.383 e. The lowest BCUT2D eigenvalue weighted by Gasteiger charge is -2.42. The molecule has 3 N–H and O–H groups in total. The molecule has 0 aromatic heterocycles. The van der Waals surface area contributed by atoms with E-state index in [0.717, 1.165) is 13.1 Å². The molecule has 86 valence electrons. The molecule has 0 radical (unpaired) electrons. The molecule has 2 nitrogen and oxygen atoms in total. The SMILES string of the molecule is NCC1(c2ccc3c(c2)NCCS3)CCC1. The Morgan fingerprint density at radius 3 is 2.94 bits per heavy atom. The molecule has 1 aromatic rings. The van der Waals surface area contributed by atoms with Gasteiger partial charge in [0.05, 0.1) is 0 Å². The van der Waals surface area contributed by atoms with E-state index in [2.05, 4.69) is 23.5 Å². The summed E-state index contributed by atoms with van der Waals surface area (Å²) in [6.07, 6.45) is 3.85. The summed E-state index contributed by atoms with van der Waals surface area (Å²) in [6, 6.07) is 6.87. The zero-order valence-corrected chi connectivity index (χ0v) is 10.3. The minimum absolute atomic E-state index is 0.290. The lowest BCUT2D eigenvalue weighted by atomic mass is 9.64. The Balaban J connectivity index is 1.96. The molecule has 1 aliphatic heterocycles. The number of nitrogens with two attached hydrogens (primary N) is 1. The van der Waals surface area contributed by atoms with Crippen LogP contribution in [0.2, 0.25) is 0 Å². The summed E-state index contributed by atoms with van der Waals surface area (Å²) < 4.78 is 0. The second-order valence-corrected chi connectivity index (χ2v) is 5.96. The van der Waals surface area contributed by atoms with Crippen molar-refractivity contribution in [3.8, 4) is 0 Å². The van der Waals surface area contributed by atoms with Crippen molar-refractivity contribution >= 4 is 17.4 Å². The van der Waals surface area contributed by atoms with Gasteiger partial charge < -0.3 is 11.1 Å². The standard InChI is InChI=1S/C13H18N2S/c14-9-13(4-1-5-13)10-2-3-12-11(8-10)15-6-7-16-12/h2-3,8,15H,1,4-7,9,14H2. The number of nitrogens with one attached hydrogen (secondary N) is 1. The molecule has 0 bridgehead atoms. The van der Waals surface area contributed by atoms with Crippen molar-refractivity contribution in [1.29, 1.82) is 0 Å². The Morgan fingerprint density at radius 2 is 2.25 bits per heavy atom. The predicted molar refractivity (Wildman–Crippen MR) is 70.2 cm³/mol. The van der Waals surface area contributed by atoms with Crippen molar-refractivity contribution in [1.82, 2.24) is 0 Å². The van der Waals surface area contributed by atoms with E-state index < -0.39 is 0 Å². The maximum atomic E-state index is 5.95. The Morgan fingerprint density at radius 1 is 1.38 bits per heavy atom. The molecule has 1 aliphatic carbocycles. The van der Waals surface area contributed by atoms with Crippen molar-refractivity contribution in [2.45, 2.75) is 29.6 Å². The average Bonchev–Trinajstić information content (AvgIpc) is 2.28. The number of hydrogen-bond donors (Lipinski definition) is 2. The van der Waals surface area contributed by atoms with E-state index in [1.807, 2.05) is 11.8 Å². The summed E-state index contributed by atoms with van der Waals surface area (Å²) in [5, 5.41) is 3.49. The minimum atomic E-state index is 0.290. The fourth-order valence-electron chi connectivity index (χ4n) is 2.68. The third-order valence-electron chi connectivity index (χ3n) is 3.97. The fourth-order valence-corrected chi connectivity index (χ4v) is 3.56. The van der Waals surface area contributed by atoms with Gasteiger partial charge in [0.25, 0.3) is 0 Å². The molecule has 1 saturated carbocycles. The van der Waals surface area contributed by atoms with E-state index >= 15 is 0 Å². The summed E-state index contributed by atoms with van der Waals surface area (Å²) in [5.74, 6) is 1.17. The number of anilines is 1. The van der Waals surface area contributed by atoms with Crippen LogP contribution in [-0.2, 0) is 5.41 Å². The Bertz CT molecular complexity index is 393. The van der Waals surface area contributed by atoms with E-state index in [0.29, 0.717) is 5.41 Å². The van der Waals surface area contributed by atoms with Gasteiger partial charge in [0.2, 0.25) is 0 Å². The number of hydrogen-bond acceptors (Lipinski definition) is 3. The first kappa shape index (κ1) is 10.5. The topological polar surface area (TPSA) is 38.0 Å². The van der Waals surface area contributed by atoms with Crippen molar-refractivity contribution < 1.29 is 0 Å². The highest BCUT2D eigenvalue weighted by Gasteiger charge is 2.37. The monoisotopic (exact) mass is 234 g/mol. The summed E-state index contributed by atoms with van der Waals surface area (Å²) in [6.45, 7) is 1.87. The third kappa shape index (κ3) is 1.54. The van der Waals surface area contributed by atoms with Gasteiger partial charge in [-0.2, -0.15) is 0 Å². The Labute approximate surface area is 101 Å². The molecule has 0 unspecified atom stereocenters. The average molecular weight is 234 g/mol. The highest BCUT2D eigenvalue weighted by atomic mass is 32.2. The molecule has 1 heterocycles. The second kappa shape index (κ2) is 3.97. The van der Waals surface area contributed by atoms with Crippen LogP contribution in [0.15, 0.2) is 23.1 Å². The molecule has 1 aromatic carbocycles. The van der Waals surface area contributed by atoms with Crippen molar-refractivity contribution in [2.24, 2.45) is 5.73 Å². The van der Waals surface area contributed by atoms with Crippen LogP contribution in [-0.4, -0.2) is 18.8 Å². The molecule has 3 heteroatoms. The predicted octanol–water partition coefficient (Wildman–Crippen LogP) is 2.58. The van der Waals surface area contributed by atoms with Gasteiger partial charge in [0.15, 0.2) is 0 Å². The number of benzene rings is 1. The zero-order valence-electron chi connectivity index (χ0n) is 9.46. The Hall–Kier alpha value is -0.670. The van der Waals surface area contributed by atoms with Gasteiger partial charge in [0.1, 0.15) is 0 Å². The zero-order chi connectivity index (χ0) is 11.0. The quantitative estimate of drug-likeness (QED) is 0.826. The van der Waals surface area contributed by atoms with Crippen LogP contribution in [0.25, 0.3) is 0 Å². The van der Waals surface area contributed by atoms with Crippen LogP contribution >= 0.6 is 11.8 Å². The molecule has 3 rings (SSSR count). The van der Waals surface area contributed by atoms with Crippen molar-refractivity contribution in [2.75, 3.05) is 24.2 Å². The second-order valence-electron chi connectivity index (χ2n) is 4.82. The van der Waals surface area contributed by atoms with E-state index in [1.165, 1.54) is 41.2 Å². The molecule has 0 amide bonds. The van der Waals surface area contributed by atoms with Gasteiger partial charge in [-0.25, -0.2) is 0 Å². The van der Waals surface area contributed by atoms with Gasteiger partial charge in [-0.05, 0) is 30.5 Å².